The highest BCUT2D eigenvalue weighted by atomic mass is 16.4. The molecule has 1 fully saturated rings. The Morgan fingerprint density at radius 1 is 0.833 bits per heavy atom. The van der Waals surface area contributed by atoms with E-state index in [0.717, 1.165) is 47.1 Å². The standard InChI is InChI=1S/C25H26N2O3/c28-24(29)10-3-5-19-11-13-21(14-12-19)26-15-17-27(18-16-26)25(30)23-9-4-7-20-6-1-2-8-22(20)23/h1-2,4,6-9,11-14H,3,5,10,15-18H2,(H,28,29). The molecule has 0 unspecified atom stereocenters. The summed E-state index contributed by atoms with van der Waals surface area (Å²) in [6, 6.07) is 22.3. The van der Waals surface area contributed by atoms with Gasteiger partial charge in [-0.05, 0) is 47.4 Å². The highest BCUT2D eigenvalue weighted by Crippen LogP contribution is 2.22. The van der Waals surface area contributed by atoms with Crippen molar-refractivity contribution in [2.75, 3.05) is 31.1 Å². The number of carboxylic acid groups (broad SMARTS) is 1. The number of nitrogens with zero attached hydrogens (tertiary/aromatic N) is 2. The van der Waals surface area contributed by atoms with Gasteiger partial charge >= 0.3 is 5.97 Å². The minimum absolute atomic E-state index is 0.0974. The van der Waals surface area contributed by atoms with Crippen LogP contribution >= 0.6 is 0 Å². The Morgan fingerprint density at radius 2 is 1.53 bits per heavy atom. The van der Waals surface area contributed by atoms with E-state index in [1.165, 1.54) is 0 Å². The van der Waals surface area contributed by atoms with Gasteiger partial charge in [0.1, 0.15) is 0 Å². The monoisotopic (exact) mass is 402 g/mol. The Hall–Kier alpha value is -3.34. The summed E-state index contributed by atoms with van der Waals surface area (Å²) < 4.78 is 0. The topological polar surface area (TPSA) is 60.9 Å². The number of piperazine rings is 1. The normalized spacial score (nSPS) is 14.1. The zero-order valence-corrected chi connectivity index (χ0v) is 17.0. The number of carboxylic acids is 1. The molecule has 30 heavy (non-hydrogen) atoms. The SMILES string of the molecule is O=C(O)CCCc1ccc(N2CCN(C(=O)c3cccc4ccccc34)CC2)cc1. The molecule has 5 nitrogen and oxygen atoms in total. The summed E-state index contributed by atoms with van der Waals surface area (Å²) in [6.45, 7) is 2.99. The number of aryl methyl sites for hydroxylation is 1. The Kier molecular flexibility index (Phi) is 5.98. The number of benzene rings is 3. The molecule has 154 valence electrons. The second kappa shape index (κ2) is 8.99. The van der Waals surface area contributed by atoms with Crippen molar-refractivity contribution in [2.45, 2.75) is 19.3 Å². The zero-order chi connectivity index (χ0) is 20.9. The fraction of sp³-hybridized carbons (Fsp3) is 0.280. The van der Waals surface area contributed by atoms with E-state index < -0.39 is 5.97 Å². The molecule has 0 aromatic heterocycles. The summed E-state index contributed by atoms with van der Waals surface area (Å²) in [5.74, 6) is -0.650. The lowest BCUT2D eigenvalue weighted by Crippen LogP contribution is -2.48. The summed E-state index contributed by atoms with van der Waals surface area (Å²) in [4.78, 5) is 28.0. The molecule has 5 heteroatoms. The van der Waals surface area contributed by atoms with Crippen LogP contribution in [0.1, 0.15) is 28.8 Å². The lowest BCUT2D eigenvalue weighted by atomic mass is 10.0. The van der Waals surface area contributed by atoms with E-state index in [2.05, 4.69) is 29.2 Å². The second-order valence-electron chi connectivity index (χ2n) is 7.72. The van der Waals surface area contributed by atoms with Gasteiger partial charge in [0, 0.05) is 43.9 Å². The summed E-state index contributed by atoms with van der Waals surface area (Å²) >= 11 is 0. The molecule has 3 aromatic carbocycles. The third-order valence-corrected chi connectivity index (χ3v) is 5.74. The number of hydrogen-bond acceptors (Lipinski definition) is 3. The van der Waals surface area contributed by atoms with E-state index in [9.17, 15) is 9.59 Å². The number of aliphatic carboxylic acids is 1. The van der Waals surface area contributed by atoms with Crippen molar-refractivity contribution in [3.05, 3.63) is 77.9 Å². The molecule has 0 atom stereocenters. The Morgan fingerprint density at radius 3 is 2.27 bits per heavy atom. The number of anilines is 1. The summed E-state index contributed by atoms with van der Waals surface area (Å²) in [5, 5.41) is 10.9. The predicted octanol–water partition coefficient (Wildman–Crippen LogP) is 4.21. The van der Waals surface area contributed by atoms with Crippen LogP contribution in [-0.2, 0) is 11.2 Å². The zero-order valence-electron chi connectivity index (χ0n) is 17.0. The lowest BCUT2D eigenvalue weighted by Gasteiger charge is -2.36. The van der Waals surface area contributed by atoms with Gasteiger partial charge in [-0.15, -0.1) is 0 Å². The molecule has 1 amide bonds. The van der Waals surface area contributed by atoms with Crippen LogP contribution in [0.3, 0.4) is 0 Å². The van der Waals surface area contributed by atoms with Crippen LogP contribution in [0.15, 0.2) is 66.7 Å². The number of amides is 1. The van der Waals surface area contributed by atoms with E-state index in [0.29, 0.717) is 19.5 Å². The van der Waals surface area contributed by atoms with E-state index >= 15 is 0 Å². The van der Waals surface area contributed by atoms with Gasteiger partial charge in [0.2, 0.25) is 0 Å². The summed E-state index contributed by atoms with van der Waals surface area (Å²) in [6.07, 6.45) is 1.64. The van der Waals surface area contributed by atoms with Gasteiger partial charge in [-0.25, -0.2) is 0 Å². The molecular formula is C25H26N2O3. The van der Waals surface area contributed by atoms with E-state index in [4.69, 9.17) is 5.11 Å². The van der Waals surface area contributed by atoms with Crippen LogP contribution < -0.4 is 4.90 Å². The van der Waals surface area contributed by atoms with Crippen molar-refractivity contribution >= 4 is 28.3 Å². The first-order chi connectivity index (χ1) is 14.6. The number of rotatable bonds is 6. The second-order valence-corrected chi connectivity index (χ2v) is 7.72. The van der Waals surface area contributed by atoms with Gasteiger partial charge in [-0.2, -0.15) is 0 Å². The van der Waals surface area contributed by atoms with Crippen LogP contribution in [0.4, 0.5) is 5.69 Å². The predicted molar refractivity (Wildman–Crippen MR) is 119 cm³/mol. The third kappa shape index (κ3) is 4.46. The lowest BCUT2D eigenvalue weighted by molar-refractivity contribution is -0.137. The van der Waals surface area contributed by atoms with Crippen molar-refractivity contribution in [1.82, 2.24) is 4.90 Å². The molecule has 1 aliphatic rings. The van der Waals surface area contributed by atoms with E-state index in [1.807, 2.05) is 47.4 Å². The molecule has 0 aliphatic carbocycles. The molecule has 4 rings (SSSR count). The Labute approximate surface area is 176 Å². The van der Waals surface area contributed by atoms with Gasteiger partial charge in [0.25, 0.3) is 5.91 Å². The Bertz CT molecular complexity index is 1030. The van der Waals surface area contributed by atoms with Crippen molar-refractivity contribution < 1.29 is 14.7 Å². The van der Waals surface area contributed by atoms with Crippen LogP contribution in [0.25, 0.3) is 10.8 Å². The molecule has 0 spiro atoms. The molecule has 0 saturated carbocycles. The first-order valence-corrected chi connectivity index (χ1v) is 10.4. The number of carbonyl (C=O) groups excluding carboxylic acids is 1. The largest absolute Gasteiger partial charge is 0.481 e. The molecule has 1 heterocycles. The quantitative estimate of drug-likeness (QED) is 0.671. The van der Waals surface area contributed by atoms with Gasteiger partial charge in [0.05, 0.1) is 0 Å². The Balaban J connectivity index is 1.36. The fourth-order valence-corrected chi connectivity index (χ4v) is 4.07. The maximum atomic E-state index is 13.1. The molecule has 1 saturated heterocycles. The number of fused-ring (bicyclic) bond motifs is 1. The molecule has 3 aromatic rings. The van der Waals surface area contributed by atoms with Crippen molar-refractivity contribution in [3.63, 3.8) is 0 Å². The van der Waals surface area contributed by atoms with E-state index in [1.54, 1.807) is 0 Å². The van der Waals surface area contributed by atoms with Crippen LogP contribution in [0.5, 0.6) is 0 Å². The summed E-state index contributed by atoms with van der Waals surface area (Å²) in [7, 11) is 0. The van der Waals surface area contributed by atoms with E-state index in [-0.39, 0.29) is 12.3 Å². The number of hydrogen-bond donors (Lipinski definition) is 1. The van der Waals surface area contributed by atoms with Crippen molar-refractivity contribution in [2.24, 2.45) is 0 Å². The molecule has 0 radical (unpaired) electrons. The van der Waals surface area contributed by atoms with Crippen LogP contribution in [-0.4, -0.2) is 48.1 Å². The minimum atomic E-state index is -0.748. The fourth-order valence-electron chi connectivity index (χ4n) is 4.07. The summed E-state index contributed by atoms with van der Waals surface area (Å²) in [5.41, 5.74) is 3.08. The van der Waals surface area contributed by atoms with Crippen LogP contribution in [0, 0.1) is 0 Å². The maximum absolute atomic E-state index is 13.1. The first kappa shape index (κ1) is 20.0. The highest BCUT2D eigenvalue weighted by molar-refractivity contribution is 6.07. The molecule has 0 bridgehead atoms. The van der Waals surface area contributed by atoms with Gasteiger partial charge < -0.3 is 14.9 Å². The van der Waals surface area contributed by atoms with Crippen LogP contribution in [0.2, 0.25) is 0 Å². The first-order valence-electron chi connectivity index (χ1n) is 10.4. The van der Waals surface area contributed by atoms with Gasteiger partial charge in [0.15, 0.2) is 0 Å². The minimum Gasteiger partial charge on any atom is -0.481 e. The molecule has 1 N–H and O–H groups in total. The van der Waals surface area contributed by atoms with Crippen molar-refractivity contribution in [1.29, 1.82) is 0 Å². The third-order valence-electron chi connectivity index (χ3n) is 5.74. The average Bonchev–Trinajstić information content (AvgIpc) is 2.78. The molecule has 1 aliphatic heterocycles. The molecular weight excluding hydrogens is 376 g/mol. The smallest absolute Gasteiger partial charge is 0.303 e. The van der Waals surface area contributed by atoms with Crippen molar-refractivity contribution in [3.8, 4) is 0 Å². The number of carbonyl (C=O) groups is 2. The van der Waals surface area contributed by atoms with Gasteiger partial charge in [-0.3, -0.25) is 9.59 Å². The van der Waals surface area contributed by atoms with Gasteiger partial charge in [-0.1, -0.05) is 48.5 Å². The average molecular weight is 402 g/mol. The maximum Gasteiger partial charge on any atom is 0.303 e. The highest BCUT2D eigenvalue weighted by Gasteiger charge is 2.23.